The van der Waals surface area contributed by atoms with Crippen LogP contribution in [0.25, 0.3) is 0 Å². The summed E-state index contributed by atoms with van der Waals surface area (Å²) in [4.78, 5) is 2.69. The highest BCUT2D eigenvalue weighted by Crippen LogP contribution is 2.32. The summed E-state index contributed by atoms with van der Waals surface area (Å²) in [6.07, 6.45) is 30.5. The number of thioether (sulfide) groups is 2. The van der Waals surface area contributed by atoms with Gasteiger partial charge in [0.05, 0.1) is 6.61 Å². The third-order valence-electron chi connectivity index (χ3n) is 9.43. The van der Waals surface area contributed by atoms with Gasteiger partial charge in [-0.1, -0.05) is 131 Å². The van der Waals surface area contributed by atoms with Gasteiger partial charge in [0.2, 0.25) is 0 Å². The molecule has 0 radical (unpaired) electrons. The van der Waals surface area contributed by atoms with E-state index in [1.807, 2.05) is 23.5 Å². The Kier molecular flexibility index (Phi) is 26.0. The molecule has 0 bridgehead atoms. The van der Waals surface area contributed by atoms with E-state index < -0.39 is 0 Å². The summed E-state index contributed by atoms with van der Waals surface area (Å²) in [7, 11) is 0. The van der Waals surface area contributed by atoms with E-state index in [4.69, 9.17) is 4.74 Å². The van der Waals surface area contributed by atoms with Crippen LogP contribution in [-0.4, -0.2) is 23.7 Å². The number of unbranched alkanes of at least 4 members (excludes halogenated alkanes) is 1. The quantitative estimate of drug-likeness (QED) is 0.0509. The summed E-state index contributed by atoms with van der Waals surface area (Å²) in [5.41, 5.74) is 10.3. The van der Waals surface area contributed by atoms with E-state index in [1.54, 1.807) is 0 Å². The van der Waals surface area contributed by atoms with Gasteiger partial charge in [-0.05, 0) is 150 Å². The summed E-state index contributed by atoms with van der Waals surface area (Å²) >= 11 is 3.99. The Labute approximate surface area is 341 Å². The van der Waals surface area contributed by atoms with Crippen molar-refractivity contribution in [2.24, 2.45) is 0 Å². The molecule has 2 aromatic rings. The molecule has 0 spiro atoms. The number of allylic oxidation sites excluding steroid dienone is 11. The highest BCUT2D eigenvalue weighted by Gasteiger charge is 2.12. The predicted molar refractivity (Wildman–Crippen MR) is 246 cm³/mol. The van der Waals surface area contributed by atoms with Gasteiger partial charge in [-0.3, -0.25) is 0 Å². The molecular formula is C51H74OS2. The minimum absolute atomic E-state index is 0.424. The van der Waals surface area contributed by atoms with E-state index in [-0.39, 0.29) is 0 Å². The van der Waals surface area contributed by atoms with Crippen LogP contribution in [0.1, 0.15) is 139 Å². The van der Waals surface area contributed by atoms with Crippen molar-refractivity contribution in [3.63, 3.8) is 0 Å². The Hall–Kier alpha value is -2.72. The lowest BCUT2D eigenvalue weighted by Gasteiger charge is -2.16. The maximum atomic E-state index is 5.73. The molecule has 54 heavy (non-hydrogen) atoms. The van der Waals surface area contributed by atoms with Gasteiger partial charge in [0.25, 0.3) is 0 Å². The first-order valence-electron chi connectivity index (χ1n) is 20.7. The van der Waals surface area contributed by atoms with Crippen LogP contribution in [0.2, 0.25) is 0 Å². The van der Waals surface area contributed by atoms with Crippen molar-refractivity contribution in [1.82, 2.24) is 0 Å². The van der Waals surface area contributed by atoms with E-state index in [0.29, 0.717) is 10.5 Å². The lowest BCUT2D eigenvalue weighted by atomic mass is 10.0. The second kappa shape index (κ2) is 29.6. The molecule has 0 saturated heterocycles. The molecule has 1 nitrogen and oxygen atoms in total. The van der Waals surface area contributed by atoms with Crippen LogP contribution in [0.15, 0.2) is 152 Å². The molecule has 0 aliphatic carbocycles. The van der Waals surface area contributed by atoms with Crippen LogP contribution in [0, 0.1) is 0 Å². The summed E-state index contributed by atoms with van der Waals surface area (Å²) in [5, 5.41) is 0.857. The Morgan fingerprint density at radius 3 is 1.37 bits per heavy atom. The zero-order valence-corrected chi connectivity index (χ0v) is 37.2. The largest absolute Gasteiger partial charge is 0.377 e. The predicted octanol–water partition coefficient (Wildman–Crippen LogP) is 16.7. The minimum atomic E-state index is 0.424. The maximum Gasteiger partial charge on any atom is 0.0649 e. The standard InChI is InChI=1S/C51H74OS2/c1-10-11-35-52-36-34-43(5)25-20-27-45(7)38-51(54-49-32-16-13-17-33-49)40-47(9)29-21-28-46(8)39-50(53-48-30-14-12-15-31-48)37-44(6)26-19-24-42(4)23-18-22-41(2)3/h12-17,22,24,27-28,30-34,37,40,50-51H,10-11,18-21,23,25-26,29,35-36,38-39H2,1-9H3/b42-24+,43-34+,44-37+,45-27+,46-28+,47-40+. The van der Waals surface area contributed by atoms with Crippen LogP contribution in [0.4, 0.5) is 0 Å². The van der Waals surface area contributed by atoms with Crippen molar-refractivity contribution in [2.75, 3.05) is 13.2 Å². The number of hydrogen-bond donors (Lipinski definition) is 0. The van der Waals surface area contributed by atoms with Gasteiger partial charge < -0.3 is 4.74 Å². The highest BCUT2D eigenvalue weighted by molar-refractivity contribution is 8.00. The molecule has 0 N–H and O–H groups in total. The highest BCUT2D eigenvalue weighted by atomic mass is 32.2. The maximum absolute atomic E-state index is 5.73. The third-order valence-corrected chi connectivity index (χ3v) is 11.7. The number of benzene rings is 2. The molecular weight excluding hydrogens is 693 g/mol. The monoisotopic (exact) mass is 767 g/mol. The molecule has 2 unspecified atom stereocenters. The van der Waals surface area contributed by atoms with Gasteiger partial charge >= 0.3 is 0 Å². The van der Waals surface area contributed by atoms with Gasteiger partial charge in [0.1, 0.15) is 0 Å². The Balaban J connectivity index is 2.03. The van der Waals surface area contributed by atoms with Crippen LogP contribution in [0.3, 0.4) is 0 Å². The smallest absolute Gasteiger partial charge is 0.0649 e. The number of rotatable bonds is 27. The molecule has 2 aromatic carbocycles. The normalized spacial score (nSPS) is 14.7. The molecule has 0 fully saturated rings. The molecule has 2 atom stereocenters. The van der Waals surface area contributed by atoms with Crippen molar-refractivity contribution in [3.8, 4) is 0 Å². The first-order valence-corrected chi connectivity index (χ1v) is 22.4. The van der Waals surface area contributed by atoms with E-state index in [2.05, 4.69) is 166 Å². The molecule has 0 amide bonds. The summed E-state index contributed by atoms with van der Waals surface area (Å²) in [5.74, 6) is 0. The van der Waals surface area contributed by atoms with Crippen molar-refractivity contribution in [3.05, 3.63) is 142 Å². The zero-order valence-electron chi connectivity index (χ0n) is 35.6. The first kappa shape index (κ1) is 47.4. The van der Waals surface area contributed by atoms with Crippen molar-refractivity contribution >= 4 is 23.5 Å². The van der Waals surface area contributed by atoms with Gasteiger partial charge in [0, 0.05) is 26.9 Å². The topological polar surface area (TPSA) is 9.23 Å². The van der Waals surface area contributed by atoms with Crippen molar-refractivity contribution in [2.45, 2.75) is 160 Å². The lowest BCUT2D eigenvalue weighted by Crippen LogP contribution is -2.02. The van der Waals surface area contributed by atoms with Crippen LogP contribution in [-0.2, 0) is 4.74 Å². The van der Waals surface area contributed by atoms with E-state index in [1.165, 1.54) is 55.2 Å². The first-order chi connectivity index (χ1) is 26.0. The fraction of sp³-hybridized carbons (Fsp3) is 0.490. The zero-order chi connectivity index (χ0) is 39.4. The minimum Gasteiger partial charge on any atom is -0.377 e. The van der Waals surface area contributed by atoms with Crippen LogP contribution < -0.4 is 0 Å². The summed E-state index contributed by atoms with van der Waals surface area (Å²) < 4.78 is 5.73. The van der Waals surface area contributed by atoms with Crippen LogP contribution >= 0.6 is 23.5 Å². The van der Waals surface area contributed by atoms with Crippen molar-refractivity contribution < 1.29 is 4.74 Å². The Bertz CT molecular complexity index is 1520. The Morgan fingerprint density at radius 1 is 0.519 bits per heavy atom. The lowest BCUT2D eigenvalue weighted by molar-refractivity contribution is 0.158. The average Bonchev–Trinajstić information content (AvgIpc) is 3.12. The Morgan fingerprint density at radius 2 is 0.926 bits per heavy atom. The van der Waals surface area contributed by atoms with E-state index >= 15 is 0 Å². The molecule has 296 valence electrons. The summed E-state index contributed by atoms with van der Waals surface area (Å²) in [6, 6.07) is 21.8. The molecule has 0 aromatic heterocycles. The van der Waals surface area contributed by atoms with Crippen LogP contribution in [0.5, 0.6) is 0 Å². The average molecular weight is 767 g/mol. The second-order valence-electron chi connectivity index (χ2n) is 15.4. The fourth-order valence-corrected chi connectivity index (χ4v) is 8.80. The molecule has 0 heterocycles. The number of hydrogen-bond acceptors (Lipinski definition) is 3. The molecule has 0 aliphatic rings. The fourth-order valence-electron chi connectivity index (χ4n) is 6.18. The van der Waals surface area contributed by atoms with E-state index in [0.717, 1.165) is 83.8 Å². The van der Waals surface area contributed by atoms with Gasteiger partial charge in [-0.15, -0.1) is 23.5 Å². The van der Waals surface area contributed by atoms with E-state index in [9.17, 15) is 0 Å². The summed E-state index contributed by atoms with van der Waals surface area (Å²) in [6.45, 7) is 22.0. The molecule has 2 rings (SSSR count). The van der Waals surface area contributed by atoms with Crippen molar-refractivity contribution in [1.29, 1.82) is 0 Å². The SMILES string of the molecule is CCCCOC/C=C(\C)CC/C=C(\C)CC(/C=C(\C)CC/C=C(\C)CC(/C=C(\C)CC/C=C(\C)CCC=C(C)C)Sc1ccccc1)Sc1ccccc1. The molecule has 3 heteroatoms. The van der Waals surface area contributed by atoms with Gasteiger partial charge in [-0.2, -0.15) is 0 Å². The van der Waals surface area contributed by atoms with Gasteiger partial charge in [0.15, 0.2) is 0 Å². The van der Waals surface area contributed by atoms with Gasteiger partial charge in [-0.25, -0.2) is 0 Å². The molecule has 0 aliphatic heterocycles. The number of ether oxygens (including phenoxy) is 1. The molecule has 0 saturated carbocycles. The second-order valence-corrected chi connectivity index (χ2v) is 18.1. The third kappa shape index (κ3) is 24.6.